The third kappa shape index (κ3) is 3.21. The van der Waals surface area contributed by atoms with Crippen molar-refractivity contribution in [2.24, 2.45) is 0 Å². The molecule has 0 unspecified atom stereocenters. The molecule has 88 valence electrons. The lowest BCUT2D eigenvalue weighted by atomic mass is 10.1. The second-order valence-electron chi connectivity index (χ2n) is 3.86. The molecule has 0 radical (unpaired) electrons. The van der Waals surface area contributed by atoms with E-state index in [2.05, 4.69) is 23.3 Å². The second-order valence-corrected chi connectivity index (χ2v) is 4.30. The number of hydrogen-bond donors (Lipinski definition) is 1. The van der Waals surface area contributed by atoms with Crippen LogP contribution in [0.15, 0.2) is 42.6 Å². The number of anilines is 1. The lowest BCUT2D eigenvalue weighted by molar-refractivity contribution is 0.979. The number of halogens is 1. The standard InChI is InChI=1S/C14H15ClN2/c1-2-8-16-13-7-9-17-14(10-13)11-3-5-12(15)6-4-11/h3-7,9-10H,2,8H2,1H3,(H,16,17). The summed E-state index contributed by atoms with van der Waals surface area (Å²) in [5, 5.41) is 4.09. The minimum absolute atomic E-state index is 0.744. The Morgan fingerprint density at radius 3 is 2.65 bits per heavy atom. The zero-order valence-electron chi connectivity index (χ0n) is 9.78. The van der Waals surface area contributed by atoms with Crippen LogP contribution in [0.3, 0.4) is 0 Å². The summed E-state index contributed by atoms with van der Waals surface area (Å²) in [6, 6.07) is 11.8. The number of aromatic nitrogens is 1. The van der Waals surface area contributed by atoms with Crippen molar-refractivity contribution in [2.45, 2.75) is 13.3 Å². The van der Waals surface area contributed by atoms with Crippen molar-refractivity contribution in [2.75, 3.05) is 11.9 Å². The summed E-state index contributed by atoms with van der Waals surface area (Å²) < 4.78 is 0. The zero-order chi connectivity index (χ0) is 12.1. The lowest BCUT2D eigenvalue weighted by Crippen LogP contribution is -1.99. The molecule has 1 heterocycles. The highest BCUT2D eigenvalue weighted by Gasteiger charge is 2.00. The van der Waals surface area contributed by atoms with E-state index in [1.807, 2.05) is 36.5 Å². The van der Waals surface area contributed by atoms with Crippen molar-refractivity contribution in [1.82, 2.24) is 4.98 Å². The molecule has 0 atom stereocenters. The summed E-state index contributed by atoms with van der Waals surface area (Å²) in [5.41, 5.74) is 3.14. The van der Waals surface area contributed by atoms with Crippen molar-refractivity contribution < 1.29 is 0 Å². The molecule has 0 aliphatic rings. The Bertz CT molecular complexity index is 480. The molecule has 0 saturated carbocycles. The SMILES string of the molecule is CCCNc1ccnc(-c2ccc(Cl)cc2)c1. The number of pyridine rings is 1. The quantitative estimate of drug-likeness (QED) is 0.874. The van der Waals surface area contributed by atoms with Crippen molar-refractivity contribution >= 4 is 17.3 Å². The highest BCUT2D eigenvalue weighted by atomic mass is 35.5. The van der Waals surface area contributed by atoms with Crippen LogP contribution in [0.5, 0.6) is 0 Å². The van der Waals surface area contributed by atoms with Gasteiger partial charge in [0.2, 0.25) is 0 Å². The van der Waals surface area contributed by atoms with Gasteiger partial charge in [0.1, 0.15) is 0 Å². The van der Waals surface area contributed by atoms with E-state index in [1.54, 1.807) is 0 Å². The van der Waals surface area contributed by atoms with E-state index >= 15 is 0 Å². The molecule has 0 spiro atoms. The zero-order valence-corrected chi connectivity index (χ0v) is 10.5. The number of rotatable bonds is 4. The molecule has 2 rings (SSSR count). The van der Waals surface area contributed by atoms with E-state index in [4.69, 9.17) is 11.6 Å². The average molecular weight is 247 g/mol. The van der Waals surface area contributed by atoms with Crippen molar-refractivity contribution in [3.63, 3.8) is 0 Å². The first-order valence-electron chi connectivity index (χ1n) is 5.75. The van der Waals surface area contributed by atoms with Gasteiger partial charge in [-0.05, 0) is 30.7 Å². The predicted molar refractivity (Wildman–Crippen MR) is 73.5 cm³/mol. The molecular formula is C14H15ClN2. The Hall–Kier alpha value is -1.54. The third-order valence-corrected chi connectivity index (χ3v) is 2.73. The molecule has 0 aliphatic heterocycles. The van der Waals surface area contributed by atoms with Crippen LogP contribution in [0.25, 0.3) is 11.3 Å². The molecule has 0 aliphatic carbocycles. The topological polar surface area (TPSA) is 24.9 Å². The van der Waals surface area contributed by atoms with E-state index in [-0.39, 0.29) is 0 Å². The maximum absolute atomic E-state index is 5.87. The molecule has 1 N–H and O–H groups in total. The van der Waals surface area contributed by atoms with E-state index in [1.165, 1.54) is 0 Å². The lowest BCUT2D eigenvalue weighted by Gasteiger charge is -2.06. The smallest absolute Gasteiger partial charge is 0.0722 e. The average Bonchev–Trinajstić information content (AvgIpc) is 2.37. The first-order chi connectivity index (χ1) is 8.29. The van der Waals surface area contributed by atoms with Crippen LogP contribution in [0.4, 0.5) is 5.69 Å². The van der Waals surface area contributed by atoms with Gasteiger partial charge in [0.15, 0.2) is 0 Å². The Balaban J connectivity index is 2.23. The van der Waals surface area contributed by atoms with Crippen LogP contribution in [0.1, 0.15) is 13.3 Å². The van der Waals surface area contributed by atoms with Gasteiger partial charge < -0.3 is 5.32 Å². The van der Waals surface area contributed by atoms with Gasteiger partial charge in [0, 0.05) is 29.0 Å². The van der Waals surface area contributed by atoms with Crippen LogP contribution in [-0.2, 0) is 0 Å². The van der Waals surface area contributed by atoms with Gasteiger partial charge in [-0.3, -0.25) is 4.98 Å². The van der Waals surface area contributed by atoms with Gasteiger partial charge in [0.25, 0.3) is 0 Å². The van der Waals surface area contributed by atoms with Crippen LogP contribution in [-0.4, -0.2) is 11.5 Å². The second kappa shape index (κ2) is 5.69. The minimum atomic E-state index is 0.744. The van der Waals surface area contributed by atoms with Crippen LogP contribution in [0, 0.1) is 0 Å². The Kier molecular flexibility index (Phi) is 3.99. The predicted octanol–water partition coefficient (Wildman–Crippen LogP) is 4.22. The van der Waals surface area contributed by atoms with Crippen molar-refractivity contribution in [1.29, 1.82) is 0 Å². The molecule has 0 saturated heterocycles. The van der Waals surface area contributed by atoms with E-state index < -0.39 is 0 Å². The number of benzene rings is 1. The van der Waals surface area contributed by atoms with E-state index in [0.717, 1.165) is 34.9 Å². The molecule has 1 aromatic heterocycles. The molecule has 3 heteroatoms. The third-order valence-electron chi connectivity index (χ3n) is 2.48. The first-order valence-corrected chi connectivity index (χ1v) is 6.13. The number of nitrogens with one attached hydrogen (secondary N) is 1. The highest BCUT2D eigenvalue weighted by Crippen LogP contribution is 2.21. The van der Waals surface area contributed by atoms with Crippen molar-refractivity contribution in [3.8, 4) is 11.3 Å². The van der Waals surface area contributed by atoms with E-state index in [9.17, 15) is 0 Å². The summed E-state index contributed by atoms with van der Waals surface area (Å²) in [6.45, 7) is 3.12. The summed E-state index contributed by atoms with van der Waals surface area (Å²) in [5.74, 6) is 0. The summed E-state index contributed by atoms with van der Waals surface area (Å²) in [7, 11) is 0. The Morgan fingerprint density at radius 2 is 1.94 bits per heavy atom. The Labute approximate surface area is 107 Å². The molecule has 0 fully saturated rings. The molecule has 17 heavy (non-hydrogen) atoms. The van der Waals surface area contributed by atoms with Gasteiger partial charge >= 0.3 is 0 Å². The van der Waals surface area contributed by atoms with Gasteiger partial charge in [-0.25, -0.2) is 0 Å². The van der Waals surface area contributed by atoms with Gasteiger partial charge in [0.05, 0.1) is 5.69 Å². The van der Waals surface area contributed by atoms with Gasteiger partial charge in [-0.2, -0.15) is 0 Å². The van der Waals surface area contributed by atoms with Crippen LogP contribution < -0.4 is 5.32 Å². The highest BCUT2D eigenvalue weighted by molar-refractivity contribution is 6.30. The van der Waals surface area contributed by atoms with Crippen LogP contribution >= 0.6 is 11.6 Å². The molecule has 2 aromatic rings. The number of nitrogens with zero attached hydrogens (tertiary/aromatic N) is 1. The summed E-state index contributed by atoms with van der Waals surface area (Å²) >= 11 is 5.87. The fourth-order valence-corrected chi connectivity index (χ4v) is 1.71. The fraction of sp³-hybridized carbons (Fsp3) is 0.214. The largest absolute Gasteiger partial charge is 0.385 e. The monoisotopic (exact) mass is 246 g/mol. The normalized spacial score (nSPS) is 10.2. The van der Waals surface area contributed by atoms with E-state index in [0.29, 0.717) is 0 Å². The molecular weight excluding hydrogens is 232 g/mol. The van der Waals surface area contributed by atoms with Gasteiger partial charge in [-0.1, -0.05) is 30.7 Å². The fourth-order valence-electron chi connectivity index (χ4n) is 1.59. The number of hydrogen-bond acceptors (Lipinski definition) is 2. The molecule has 0 bridgehead atoms. The maximum atomic E-state index is 5.87. The minimum Gasteiger partial charge on any atom is -0.385 e. The Morgan fingerprint density at radius 1 is 1.18 bits per heavy atom. The summed E-state index contributed by atoms with van der Waals surface area (Å²) in [4.78, 5) is 4.36. The molecule has 1 aromatic carbocycles. The van der Waals surface area contributed by atoms with Crippen molar-refractivity contribution in [3.05, 3.63) is 47.6 Å². The summed E-state index contributed by atoms with van der Waals surface area (Å²) in [6.07, 6.45) is 2.93. The molecule has 0 amide bonds. The first kappa shape index (κ1) is 11.9. The molecule has 2 nitrogen and oxygen atoms in total. The maximum Gasteiger partial charge on any atom is 0.0722 e. The van der Waals surface area contributed by atoms with Crippen LogP contribution in [0.2, 0.25) is 5.02 Å². The van der Waals surface area contributed by atoms with Gasteiger partial charge in [-0.15, -0.1) is 0 Å².